The van der Waals surface area contributed by atoms with Crippen molar-refractivity contribution in [3.63, 3.8) is 0 Å². The van der Waals surface area contributed by atoms with Crippen molar-refractivity contribution < 1.29 is 23.9 Å². The van der Waals surface area contributed by atoms with Crippen LogP contribution in [0.15, 0.2) is 60.7 Å². The minimum atomic E-state index is -0.755. The molecular weight excluding hydrogens is 556 g/mol. The van der Waals surface area contributed by atoms with Crippen LogP contribution < -0.4 is 26.4 Å². The van der Waals surface area contributed by atoms with E-state index in [4.69, 9.17) is 32.5 Å². The fourth-order valence-electron chi connectivity index (χ4n) is 5.04. The smallest absolute Gasteiger partial charge is 0.323 e. The van der Waals surface area contributed by atoms with Crippen molar-refractivity contribution in [3.05, 3.63) is 87.9 Å². The van der Waals surface area contributed by atoms with Crippen molar-refractivity contribution in [1.29, 1.82) is 0 Å². The Morgan fingerprint density at radius 1 is 1.07 bits per heavy atom. The van der Waals surface area contributed by atoms with E-state index in [1.54, 1.807) is 53.4 Å². The zero-order valence-electron chi connectivity index (χ0n) is 23.9. The van der Waals surface area contributed by atoms with Crippen molar-refractivity contribution in [2.45, 2.75) is 51.2 Å². The molecule has 1 heterocycles. The maximum Gasteiger partial charge on any atom is 0.323 e. The first kappa shape index (κ1) is 31.0. The molecule has 0 saturated carbocycles. The number of carbonyl (C=O) groups is 3. The molecule has 2 unspecified atom stereocenters. The summed E-state index contributed by atoms with van der Waals surface area (Å²) >= 11 is 6.35. The van der Waals surface area contributed by atoms with Crippen molar-refractivity contribution in [2.75, 3.05) is 30.4 Å². The number of unbranched alkanes of at least 4 members (excludes halogenated alkanes) is 1. The standard InChI is InChI=1S/C32H37ClN4O5/c1-20-8-3-4-9-23(20)30(38)36-22-13-14-24(29(19-22)41-2)31(39)37-17-7-11-28(25-18-21(33)12-15-27(25)37)42-32(40)26(35)10-5-6-16-34/h3-4,8-9,12-15,18-19,26,28H,5-7,10-11,16-17,34-35H2,1-2H3,(H,36,38). The van der Waals surface area contributed by atoms with E-state index in [0.717, 1.165) is 18.4 Å². The number of ether oxygens (including phenoxy) is 2. The summed E-state index contributed by atoms with van der Waals surface area (Å²) in [6.07, 6.45) is 2.47. The SMILES string of the molecule is COc1cc(NC(=O)c2ccccc2C)ccc1C(=O)N1CCCC(OC(=O)C(N)CCCCN)c2cc(Cl)ccc21. The molecule has 42 heavy (non-hydrogen) atoms. The Morgan fingerprint density at radius 3 is 2.60 bits per heavy atom. The molecule has 10 heteroatoms. The van der Waals surface area contributed by atoms with E-state index < -0.39 is 18.1 Å². The van der Waals surface area contributed by atoms with Crippen LogP contribution in [0.1, 0.15) is 70.1 Å². The Labute approximate surface area is 251 Å². The van der Waals surface area contributed by atoms with Crippen LogP contribution in [0.3, 0.4) is 0 Å². The Balaban J connectivity index is 1.57. The zero-order valence-corrected chi connectivity index (χ0v) is 24.7. The second-order valence-electron chi connectivity index (χ2n) is 10.3. The summed E-state index contributed by atoms with van der Waals surface area (Å²) in [6.45, 7) is 2.79. The molecule has 1 aliphatic heterocycles. The van der Waals surface area contributed by atoms with Gasteiger partial charge in [0.05, 0.1) is 18.4 Å². The molecule has 5 N–H and O–H groups in total. The summed E-state index contributed by atoms with van der Waals surface area (Å²) in [4.78, 5) is 41.2. The highest BCUT2D eigenvalue weighted by molar-refractivity contribution is 6.30. The zero-order chi connectivity index (χ0) is 30.2. The van der Waals surface area contributed by atoms with Gasteiger partial charge in [0.25, 0.3) is 11.8 Å². The molecule has 222 valence electrons. The van der Waals surface area contributed by atoms with E-state index in [1.165, 1.54) is 7.11 Å². The van der Waals surface area contributed by atoms with Crippen molar-refractivity contribution >= 4 is 40.8 Å². The first-order chi connectivity index (χ1) is 20.2. The number of hydrogen-bond acceptors (Lipinski definition) is 7. The van der Waals surface area contributed by atoms with E-state index in [0.29, 0.717) is 71.2 Å². The number of aryl methyl sites for hydroxylation is 1. The predicted molar refractivity (Wildman–Crippen MR) is 164 cm³/mol. The molecule has 0 aromatic heterocycles. The lowest BCUT2D eigenvalue weighted by atomic mass is 10.0. The molecule has 0 radical (unpaired) electrons. The fourth-order valence-corrected chi connectivity index (χ4v) is 5.22. The van der Waals surface area contributed by atoms with Gasteiger partial charge in [-0.15, -0.1) is 0 Å². The highest BCUT2D eigenvalue weighted by Crippen LogP contribution is 2.39. The van der Waals surface area contributed by atoms with Gasteiger partial charge in [-0.1, -0.05) is 36.2 Å². The number of esters is 1. The summed E-state index contributed by atoms with van der Waals surface area (Å²) in [5.74, 6) is -0.730. The first-order valence-electron chi connectivity index (χ1n) is 14.1. The lowest BCUT2D eigenvalue weighted by Crippen LogP contribution is -2.33. The molecule has 2 amide bonds. The van der Waals surface area contributed by atoms with Crippen LogP contribution in [0, 0.1) is 6.92 Å². The second kappa shape index (κ2) is 14.3. The van der Waals surface area contributed by atoms with Crippen LogP contribution in [0.4, 0.5) is 11.4 Å². The van der Waals surface area contributed by atoms with Crippen LogP contribution >= 0.6 is 11.6 Å². The number of rotatable bonds is 10. The Hall–Kier alpha value is -3.92. The second-order valence-corrected chi connectivity index (χ2v) is 10.7. The summed E-state index contributed by atoms with van der Waals surface area (Å²) in [7, 11) is 1.47. The summed E-state index contributed by atoms with van der Waals surface area (Å²) in [5.41, 5.74) is 15.1. The molecule has 3 aromatic rings. The lowest BCUT2D eigenvalue weighted by Gasteiger charge is -2.25. The highest BCUT2D eigenvalue weighted by atomic mass is 35.5. The maximum absolute atomic E-state index is 14.0. The molecule has 1 aliphatic rings. The molecule has 4 rings (SSSR count). The van der Waals surface area contributed by atoms with Crippen LogP contribution in [0.2, 0.25) is 5.02 Å². The Morgan fingerprint density at radius 2 is 1.86 bits per heavy atom. The molecule has 0 fully saturated rings. The van der Waals surface area contributed by atoms with Crippen LogP contribution in [-0.2, 0) is 9.53 Å². The number of carbonyl (C=O) groups excluding carboxylic acids is 3. The van der Waals surface area contributed by atoms with E-state index in [-0.39, 0.29) is 11.8 Å². The molecule has 0 aliphatic carbocycles. The van der Waals surface area contributed by atoms with Crippen LogP contribution in [0.5, 0.6) is 5.75 Å². The third-order valence-corrected chi connectivity index (χ3v) is 7.57. The topological polar surface area (TPSA) is 137 Å². The molecule has 3 aromatic carbocycles. The van der Waals surface area contributed by atoms with E-state index in [2.05, 4.69) is 5.32 Å². The number of hydrogen-bond donors (Lipinski definition) is 3. The van der Waals surface area contributed by atoms with Gasteiger partial charge in [0.1, 0.15) is 17.9 Å². The third kappa shape index (κ3) is 7.28. The molecule has 0 saturated heterocycles. The normalized spacial score (nSPS) is 15.3. The van der Waals surface area contributed by atoms with Crippen molar-refractivity contribution in [2.24, 2.45) is 11.5 Å². The maximum atomic E-state index is 14.0. The number of benzene rings is 3. The van der Waals surface area contributed by atoms with Crippen LogP contribution in [0.25, 0.3) is 0 Å². The number of nitrogens with two attached hydrogens (primary N) is 2. The molecule has 2 atom stereocenters. The lowest BCUT2D eigenvalue weighted by molar-refractivity contribution is -0.151. The van der Waals surface area contributed by atoms with E-state index >= 15 is 0 Å². The number of anilines is 2. The number of nitrogens with one attached hydrogen (secondary N) is 1. The molecule has 0 spiro atoms. The molecule has 9 nitrogen and oxygen atoms in total. The summed E-state index contributed by atoms with van der Waals surface area (Å²) in [5, 5.41) is 3.34. The minimum Gasteiger partial charge on any atom is -0.496 e. The molecule has 0 bridgehead atoms. The number of methoxy groups -OCH3 is 1. The highest BCUT2D eigenvalue weighted by Gasteiger charge is 2.31. The van der Waals surface area contributed by atoms with Gasteiger partial charge in [-0.25, -0.2) is 0 Å². The van der Waals surface area contributed by atoms with Gasteiger partial charge in [0, 0.05) is 34.4 Å². The quantitative estimate of drug-likeness (QED) is 0.212. The van der Waals surface area contributed by atoms with Gasteiger partial charge in [-0.05, 0) is 81.1 Å². The van der Waals surface area contributed by atoms with E-state index in [1.807, 2.05) is 19.1 Å². The predicted octanol–water partition coefficient (Wildman–Crippen LogP) is 5.39. The van der Waals surface area contributed by atoms with Gasteiger partial charge in [0.2, 0.25) is 0 Å². The number of halogens is 1. The monoisotopic (exact) mass is 592 g/mol. The van der Waals surface area contributed by atoms with Gasteiger partial charge >= 0.3 is 5.97 Å². The van der Waals surface area contributed by atoms with Gasteiger partial charge in [0.15, 0.2) is 0 Å². The summed E-state index contributed by atoms with van der Waals surface area (Å²) in [6, 6.07) is 16.6. The first-order valence-corrected chi connectivity index (χ1v) is 14.4. The number of nitrogens with zero attached hydrogens (tertiary/aromatic N) is 1. The average molecular weight is 593 g/mol. The number of amides is 2. The third-order valence-electron chi connectivity index (χ3n) is 7.33. The largest absolute Gasteiger partial charge is 0.496 e. The fraction of sp³-hybridized carbons (Fsp3) is 0.344. The van der Waals surface area contributed by atoms with Gasteiger partial charge < -0.3 is 31.2 Å². The van der Waals surface area contributed by atoms with Crippen molar-refractivity contribution in [1.82, 2.24) is 0 Å². The van der Waals surface area contributed by atoms with E-state index in [9.17, 15) is 14.4 Å². The average Bonchev–Trinajstić information content (AvgIpc) is 3.15. The van der Waals surface area contributed by atoms with Gasteiger partial charge in [-0.2, -0.15) is 0 Å². The molecular formula is C32H37ClN4O5. The number of fused-ring (bicyclic) bond motifs is 1. The minimum absolute atomic E-state index is 0.257. The summed E-state index contributed by atoms with van der Waals surface area (Å²) < 4.78 is 11.4. The van der Waals surface area contributed by atoms with Crippen LogP contribution in [-0.4, -0.2) is 44.0 Å². The van der Waals surface area contributed by atoms with Gasteiger partial charge in [-0.3, -0.25) is 14.4 Å². The van der Waals surface area contributed by atoms with Crippen molar-refractivity contribution in [3.8, 4) is 5.75 Å². The Kier molecular flexibility index (Phi) is 10.6. The Bertz CT molecular complexity index is 1450.